The van der Waals surface area contributed by atoms with E-state index in [1.165, 1.54) is 0 Å². The Balaban J connectivity index is 2.35. The van der Waals surface area contributed by atoms with Crippen LogP contribution in [0.3, 0.4) is 0 Å². The SMILES string of the molecule is COCCN(CCC#N)CCOc1ccc(CC#N)cc1. The predicted octanol–water partition coefficient (Wildman–Crippen LogP) is 1.99. The zero-order chi connectivity index (χ0) is 15.3. The zero-order valence-electron chi connectivity index (χ0n) is 12.4. The quantitative estimate of drug-likeness (QED) is 0.658. The minimum Gasteiger partial charge on any atom is -0.492 e. The minimum absolute atomic E-state index is 0.416. The number of nitrogens with zero attached hydrogens (tertiary/aromatic N) is 3. The van der Waals surface area contributed by atoms with Crippen molar-refractivity contribution in [2.24, 2.45) is 0 Å². The van der Waals surface area contributed by atoms with Gasteiger partial charge in [-0.2, -0.15) is 10.5 Å². The molecule has 0 bridgehead atoms. The summed E-state index contributed by atoms with van der Waals surface area (Å²) >= 11 is 0. The van der Waals surface area contributed by atoms with Crippen LogP contribution < -0.4 is 4.74 Å². The molecule has 0 radical (unpaired) electrons. The van der Waals surface area contributed by atoms with Crippen LogP contribution in [0.2, 0.25) is 0 Å². The van der Waals surface area contributed by atoms with Gasteiger partial charge in [-0.1, -0.05) is 12.1 Å². The average molecular weight is 287 g/mol. The number of nitriles is 2. The van der Waals surface area contributed by atoms with Gasteiger partial charge in [-0.15, -0.1) is 0 Å². The van der Waals surface area contributed by atoms with E-state index in [0.29, 0.717) is 26.1 Å². The molecule has 112 valence electrons. The first kappa shape index (κ1) is 17.0. The van der Waals surface area contributed by atoms with Gasteiger partial charge in [-0.05, 0) is 17.7 Å². The molecule has 0 atom stereocenters. The normalized spacial score (nSPS) is 10.1. The Morgan fingerprint density at radius 2 is 1.71 bits per heavy atom. The van der Waals surface area contributed by atoms with Gasteiger partial charge >= 0.3 is 0 Å². The molecule has 0 saturated carbocycles. The smallest absolute Gasteiger partial charge is 0.119 e. The van der Waals surface area contributed by atoms with Crippen molar-refractivity contribution in [3.05, 3.63) is 29.8 Å². The van der Waals surface area contributed by atoms with Crippen molar-refractivity contribution in [1.82, 2.24) is 4.90 Å². The maximum Gasteiger partial charge on any atom is 0.119 e. The first-order valence-corrected chi connectivity index (χ1v) is 6.97. The summed E-state index contributed by atoms with van der Waals surface area (Å²) in [5, 5.41) is 17.3. The van der Waals surface area contributed by atoms with Crippen molar-refractivity contribution in [1.29, 1.82) is 10.5 Å². The van der Waals surface area contributed by atoms with Crippen molar-refractivity contribution in [2.45, 2.75) is 12.8 Å². The lowest BCUT2D eigenvalue weighted by Crippen LogP contribution is -2.32. The molecule has 0 aromatic heterocycles. The fourth-order valence-corrected chi connectivity index (χ4v) is 1.85. The van der Waals surface area contributed by atoms with E-state index in [-0.39, 0.29) is 0 Å². The fraction of sp³-hybridized carbons (Fsp3) is 0.500. The van der Waals surface area contributed by atoms with Gasteiger partial charge in [0.1, 0.15) is 12.4 Å². The van der Waals surface area contributed by atoms with Crippen LogP contribution in [-0.2, 0) is 11.2 Å². The van der Waals surface area contributed by atoms with Crippen LogP contribution in [0.1, 0.15) is 12.0 Å². The summed E-state index contributed by atoms with van der Waals surface area (Å²) in [6.07, 6.45) is 0.922. The van der Waals surface area contributed by atoms with Crippen molar-refractivity contribution in [3.8, 4) is 17.9 Å². The molecule has 0 unspecified atom stereocenters. The van der Waals surface area contributed by atoms with E-state index in [1.54, 1.807) is 7.11 Å². The van der Waals surface area contributed by atoms with Gasteiger partial charge in [-0.25, -0.2) is 0 Å². The Kier molecular flexibility index (Phi) is 8.63. The lowest BCUT2D eigenvalue weighted by atomic mass is 10.2. The highest BCUT2D eigenvalue weighted by Gasteiger charge is 2.04. The Bertz CT molecular complexity index is 474. The molecule has 5 heteroatoms. The number of hydrogen-bond donors (Lipinski definition) is 0. The standard InChI is InChI=1S/C16H21N3O2/c1-20-13-11-19(10-2-8-17)12-14-21-16-5-3-15(4-6-16)7-9-18/h3-6H,2,7,10-14H2,1H3. The zero-order valence-corrected chi connectivity index (χ0v) is 12.4. The highest BCUT2D eigenvalue weighted by atomic mass is 16.5. The summed E-state index contributed by atoms with van der Waals surface area (Å²) in [6, 6.07) is 11.8. The van der Waals surface area contributed by atoms with Gasteiger partial charge in [0.2, 0.25) is 0 Å². The van der Waals surface area contributed by atoms with Gasteiger partial charge in [0, 0.05) is 33.2 Å². The maximum absolute atomic E-state index is 8.65. The van der Waals surface area contributed by atoms with E-state index in [4.69, 9.17) is 20.0 Å². The number of rotatable bonds is 10. The molecular formula is C16H21N3O2. The van der Waals surface area contributed by atoms with E-state index < -0.39 is 0 Å². The van der Waals surface area contributed by atoms with Gasteiger partial charge in [0.15, 0.2) is 0 Å². The summed E-state index contributed by atoms with van der Waals surface area (Å²) < 4.78 is 10.7. The van der Waals surface area contributed by atoms with E-state index in [2.05, 4.69) is 17.0 Å². The monoisotopic (exact) mass is 287 g/mol. The van der Waals surface area contributed by atoms with Crippen molar-refractivity contribution >= 4 is 0 Å². The summed E-state index contributed by atoms with van der Waals surface area (Å²) in [6.45, 7) is 3.49. The molecule has 5 nitrogen and oxygen atoms in total. The molecule has 0 N–H and O–H groups in total. The first-order chi connectivity index (χ1) is 10.3. The molecule has 0 aliphatic rings. The molecule has 1 aromatic rings. The summed E-state index contributed by atoms with van der Waals surface area (Å²) in [5.41, 5.74) is 0.987. The number of methoxy groups -OCH3 is 1. The average Bonchev–Trinajstić information content (AvgIpc) is 2.51. The largest absolute Gasteiger partial charge is 0.492 e. The van der Waals surface area contributed by atoms with Gasteiger partial charge < -0.3 is 9.47 Å². The van der Waals surface area contributed by atoms with E-state index >= 15 is 0 Å². The van der Waals surface area contributed by atoms with Crippen molar-refractivity contribution in [2.75, 3.05) is 40.0 Å². The second kappa shape index (κ2) is 10.7. The molecule has 0 saturated heterocycles. The predicted molar refractivity (Wildman–Crippen MR) is 79.8 cm³/mol. The van der Waals surface area contributed by atoms with Crippen LogP contribution in [0.4, 0.5) is 0 Å². The highest BCUT2D eigenvalue weighted by molar-refractivity contribution is 5.28. The van der Waals surface area contributed by atoms with E-state index in [1.807, 2.05) is 24.3 Å². The lowest BCUT2D eigenvalue weighted by Gasteiger charge is -2.20. The Labute approximate surface area is 126 Å². The van der Waals surface area contributed by atoms with Crippen LogP contribution in [0.5, 0.6) is 5.75 Å². The molecular weight excluding hydrogens is 266 g/mol. The molecule has 21 heavy (non-hydrogen) atoms. The maximum atomic E-state index is 8.65. The Morgan fingerprint density at radius 3 is 2.33 bits per heavy atom. The third kappa shape index (κ3) is 7.31. The van der Waals surface area contributed by atoms with Gasteiger partial charge in [0.25, 0.3) is 0 Å². The van der Waals surface area contributed by atoms with E-state index in [9.17, 15) is 0 Å². The third-order valence-corrected chi connectivity index (χ3v) is 3.03. The summed E-state index contributed by atoms with van der Waals surface area (Å²) in [4.78, 5) is 2.15. The van der Waals surface area contributed by atoms with E-state index in [0.717, 1.165) is 30.9 Å². The van der Waals surface area contributed by atoms with Crippen molar-refractivity contribution in [3.63, 3.8) is 0 Å². The Morgan fingerprint density at radius 1 is 1.00 bits per heavy atom. The third-order valence-electron chi connectivity index (χ3n) is 3.03. The van der Waals surface area contributed by atoms with Crippen LogP contribution in [0.25, 0.3) is 0 Å². The highest BCUT2D eigenvalue weighted by Crippen LogP contribution is 2.12. The van der Waals surface area contributed by atoms with Crippen LogP contribution in [0.15, 0.2) is 24.3 Å². The lowest BCUT2D eigenvalue weighted by molar-refractivity contribution is 0.136. The Hall–Kier alpha value is -2.08. The molecule has 0 fully saturated rings. The number of benzene rings is 1. The molecule has 1 aromatic carbocycles. The topological polar surface area (TPSA) is 69.3 Å². The van der Waals surface area contributed by atoms with Crippen LogP contribution >= 0.6 is 0 Å². The number of hydrogen-bond acceptors (Lipinski definition) is 5. The number of ether oxygens (including phenoxy) is 2. The molecule has 0 aliphatic carbocycles. The minimum atomic E-state index is 0.416. The molecule has 0 heterocycles. The second-order valence-corrected chi connectivity index (χ2v) is 4.57. The van der Waals surface area contributed by atoms with Crippen LogP contribution in [-0.4, -0.2) is 44.9 Å². The van der Waals surface area contributed by atoms with Gasteiger partial charge in [0.05, 0.1) is 25.2 Å². The molecule has 0 amide bonds. The van der Waals surface area contributed by atoms with Crippen LogP contribution in [0, 0.1) is 22.7 Å². The molecule has 0 spiro atoms. The molecule has 1 rings (SSSR count). The second-order valence-electron chi connectivity index (χ2n) is 4.57. The summed E-state index contributed by atoms with van der Waals surface area (Å²) in [5.74, 6) is 0.795. The van der Waals surface area contributed by atoms with Gasteiger partial charge in [-0.3, -0.25) is 4.90 Å². The fourth-order valence-electron chi connectivity index (χ4n) is 1.85. The summed E-state index contributed by atoms with van der Waals surface area (Å²) in [7, 11) is 1.67. The van der Waals surface area contributed by atoms with Crippen molar-refractivity contribution < 1.29 is 9.47 Å². The molecule has 0 aliphatic heterocycles. The first-order valence-electron chi connectivity index (χ1n) is 6.97.